The first-order chi connectivity index (χ1) is 7.32. The molecule has 0 bridgehead atoms. The Kier molecular flexibility index (Phi) is 2.80. The minimum atomic E-state index is -1.17. The summed E-state index contributed by atoms with van der Waals surface area (Å²) >= 11 is 0. The highest BCUT2D eigenvalue weighted by Gasteiger charge is 2.56. The van der Waals surface area contributed by atoms with Crippen LogP contribution in [0.25, 0.3) is 0 Å². The van der Waals surface area contributed by atoms with Gasteiger partial charge in [-0.05, 0) is 20.8 Å². The van der Waals surface area contributed by atoms with Gasteiger partial charge in [-0.25, -0.2) is 0 Å². The van der Waals surface area contributed by atoms with Crippen LogP contribution in [0.3, 0.4) is 0 Å². The molecule has 6 nitrogen and oxygen atoms in total. The highest BCUT2D eigenvalue weighted by Crippen LogP contribution is 2.37. The molecule has 0 amide bonds. The lowest BCUT2D eigenvalue weighted by molar-refractivity contribution is -0.215. The molecule has 0 radical (unpaired) electrons. The first kappa shape index (κ1) is 11.9. The lowest BCUT2D eigenvalue weighted by atomic mass is 10.0. The van der Waals surface area contributed by atoms with Gasteiger partial charge in [0.05, 0.1) is 0 Å². The van der Waals surface area contributed by atoms with Gasteiger partial charge in [0.15, 0.2) is 24.0 Å². The topological polar surface area (TPSA) is 85.2 Å². The molecule has 0 saturated carbocycles. The second-order valence-electron chi connectivity index (χ2n) is 4.59. The zero-order valence-corrected chi connectivity index (χ0v) is 9.41. The Labute approximate surface area is 93.1 Å². The molecule has 2 saturated heterocycles. The fraction of sp³-hybridized carbons (Fsp3) is 0.900. The van der Waals surface area contributed by atoms with E-state index in [0.29, 0.717) is 0 Å². The van der Waals surface area contributed by atoms with Gasteiger partial charge in [-0.2, -0.15) is 0 Å². The minimum absolute atomic E-state index is 0.563. The average Bonchev–Trinajstić information content (AvgIpc) is 2.60. The Morgan fingerprint density at radius 2 is 2.00 bits per heavy atom. The minimum Gasteiger partial charge on any atom is -0.387 e. The number of ether oxygens (including phenoxy) is 3. The van der Waals surface area contributed by atoms with Gasteiger partial charge >= 0.3 is 0 Å². The molecule has 92 valence electrons. The predicted octanol–water partition coefficient (Wildman–Crippen LogP) is -0.826. The second kappa shape index (κ2) is 3.75. The third-order valence-corrected chi connectivity index (χ3v) is 2.71. The molecule has 2 aliphatic heterocycles. The van der Waals surface area contributed by atoms with E-state index >= 15 is 0 Å². The Balaban J connectivity index is 2.08. The van der Waals surface area contributed by atoms with Crippen molar-refractivity contribution in [1.29, 1.82) is 0 Å². The maximum Gasteiger partial charge on any atom is 0.192 e. The number of rotatable bonds is 2. The normalized spacial score (nSPS) is 43.1. The van der Waals surface area contributed by atoms with E-state index < -0.39 is 42.3 Å². The molecule has 5 atom stereocenters. The number of hydrogen-bond donors (Lipinski definition) is 2. The number of hydrogen-bond acceptors (Lipinski definition) is 6. The van der Waals surface area contributed by atoms with Crippen LogP contribution in [0.5, 0.6) is 0 Å². The Morgan fingerprint density at radius 1 is 1.38 bits per heavy atom. The Morgan fingerprint density at radius 3 is 2.50 bits per heavy atom. The van der Waals surface area contributed by atoms with E-state index in [1.165, 1.54) is 6.92 Å². The van der Waals surface area contributed by atoms with Crippen LogP contribution in [0.15, 0.2) is 0 Å². The van der Waals surface area contributed by atoms with E-state index in [2.05, 4.69) is 0 Å². The SMILES string of the molecule is CC(O)C(=O)[C@H]1OC2OC(C)(C)O[C@@H]2[C@@H]1O. The molecule has 0 aromatic rings. The summed E-state index contributed by atoms with van der Waals surface area (Å²) in [6, 6.07) is 0. The number of ketones is 1. The quantitative estimate of drug-likeness (QED) is 0.646. The third-order valence-electron chi connectivity index (χ3n) is 2.71. The van der Waals surface area contributed by atoms with Gasteiger partial charge in [-0.3, -0.25) is 4.79 Å². The van der Waals surface area contributed by atoms with Crippen molar-refractivity contribution < 1.29 is 29.2 Å². The van der Waals surface area contributed by atoms with Crippen LogP contribution in [0.2, 0.25) is 0 Å². The summed E-state index contributed by atoms with van der Waals surface area (Å²) in [6.45, 7) is 4.73. The maximum atomic E-state index is 11.5. The van der Waals surface area contributed by atoms with Crippen molar-refractivity contribution in [3.63, 3.8) is 0 Å². The summed E-state index contributed by atoms with van der Waals surface area (Å²) in [6.07, 6.45) is -4.79. The van der Waals surface area contributed by atoms with Crippen LogP contribution >= 0.6 is 0 Å². The number of Topliss-reactive ketones (excluding diaryl/α,β-unsaturated/α-hetero) is 1. The smallest absolute Gasteiger partial charge is 0.192 e. The second-order valence-corrected chi connectivity index (χ2v) is 4.59. The van der Waals surface area contributed by atoms with E-state index in [1.807, 2.05) is 0 Å². The number of aliphatic hydroxyl groups excluding tert-OH is 2. The summed E-state index contributed by atoms with van der Waals surface area (Å²) in [5.74, 6) is -1.39. The molecule has 16 heavy (non-hydrogen) atoms. The number of carbonyl (C=O) groups is 1. The van der Waals surface area contributed by atoms with Crippen molar-refractivity contribution in [2.45, 2.75) is 57.3 Å². The fourth-order valence-electron chi connectivity index (χ4n) is 1.96. The molecule has 2 aliphatic rings. The van der Waals surface area contributed by atoms with Gasteiger partial charge < -0.3 is 24.4 Å². The average molecular weight is 232 g/mol. The molecule has 2 unspecified atom stereocenters. The summed E-state index contributed by atoms with van der Waals surface area (Å²) in [4.78, 5) is 11.5. The van der Waals surface area contributed by atoms with E-state index in [4.69, 9.17) is 19.3 Å². The van der Waals surface area contributed by atoms with Crippen molar-refractivity contribution in [3.05, 3.63) is 0 Å². The fourth-order valence-corrected chi connectivity index (χ4v) is 1.96. The standard InChI is InChI=1S/C10H16O6/c1-4(11)5(12)7-6(13)8-9(14-7)16-10(2,3)15-8/h4,6-9,11,13H,1-3H3/t4?,6-,7-,8-,9?/m1/s1. The Bertz CT molecular complexity index is 300. The zero-order valence-electron chi connectivity index (χ0n) is 9.41. The highest BCUT2D eigenvalue weighted by atomic mass is 16.8. The Hall–Kier alpha value is -0.530. The number of carbonyl (C=O) groups excluding carboxylic acids is 1. The zero-order chi connectivity index (χ0) is 12.1. The lowest BCUT2D eigenvalue weighted by Gasteiger charge is -2.22. The van der Waals surface area contributed by atoms with Crippen molar-refractivity contribution in [1.82, 2.24) is 0 Å². The van der Waals surface area contributed by atoms with E-state index in [0.717, 1.165) is 0 Å². The van der Waals surface area contributed by atoms with Gasteiger partial charge in [0.1, 0.15) is 18.3 Å². The van der Waals surface area contributed by atoms with Gasteiger partial charge in [-0.1, -0.05) is 0 Å². The number of aliphatic hydroxyl groups is 2. The van der Waals surface area contributed by atoms with Gasteiger partial charge in [0, 0.05) is 0 Å². The predicted molar refractivity (Wildman–Crippen MR) is 51.4 cm³/mol. The molecule has 0 aromatic heterocycles. The molecule has 2 rings (SSSR count). The summed E-state index contributed by atoms with van der Waals surface area (Å²) in [7, 11) is 0. The summed E-state index contributed by atoms with van der Waals surface area (Å²) < 4.78 is 16.0. The highest BCUT2D eigenvalue weighted by molar-refractivity contribution is 5.87. The van der Waals surface area contributed by atoms with E-state index in [9.17, 15) is 9.90 Å². The molecule has 2 heterocycles. The largest absolute Gasteiger partial charge is 0.387 e. The van der Waals surface area contributed by atoms with Gasteiger partial charge in [0.2, 0.25) is 0 Å². The van der Waals surface area contributed by atoms with Crippen LogP contribution < -0.4 is 0 Å². The molecular weight excluding hydrogens is 216 g/mol. The molecular formula is C10H16O6. The molecule has 0 aliphatic carbocycles. The lowest BCUT2D eigenvalue weighted by Crippen LogP contribution is -2.42. The van der Waals surface area contributed by atoms with Crippen LogP contribution in [-0.4, -0.2) is 52.5 Å². The van der Waals surface area contributed by atoms with Crippen LogP contribution in [0.1, 0.15) is 20.8 Å². The summed E-state index contributed by atoms with van der Waals surface area (Å²) in [5, 5.41) is 19.0. The maximum absolute atomic E-state index is 11.5. The molecule has 0 aromatic carbocycles. The third kappa shape index (κ3) is 1.87. The summed E-state index contributed by atoms with van der Waals surface area (Å²) in [5.41, 5.74) is 0. The molecule has 6 heteroatoms. The van der Waals surface area contributed by atoms with Crippen LogP contribution in [0.4, 0.5) is 0 Å². The van der Waals surface area contributed by atoms with Crippen LogP contribution in [-0.2, 0) is 19.0 Å². The van der Waals surface area contributed by atoms with Crippen molar-refractivity contribution >= 4 is 5.78 Å². The number of fused-ring (bicyclic) bond motifs is 1. The first-order valence-corrected chi connectivity index (χ1v) is 5.23. The van der Waals surface area contributed by atoms with Crippen molar-refractivity contribution in [3.8, 4) is 0 Å². The first-order valence-electron chi connectivity index (χ1n) is 5.23. The monoisotopic (exact) mass is 232 g/mol. The van der Waals surface area contributed by atoms with Crippen molar-refractivity contribution in [2.24, 2.45) is 0 Å². The van der Waals surface area contributed by atoms with Gasteiger partial charge in [0.25, 0.3) is 0 Å². The van der Waals surface area contributed by atoms with E-state index in [1.54, 1.807) is 13.8 Å². The molecule has 2 N–H and O–H groups in total. The molecule has 0 spiro atoms. The van der Waals surface area contributed by atoms with E-state index in [-0.39, 0.29) is 0 Å². The van der Waals surface area contributed by atoms with Crippen LogP contribution in [0, 0.1) is 0 Å². The van der Waals surface area contributed by atoms with Gasteiger partial charge in [-0.15, -0.1) is 0 Å². The molecule has 2 fully saturated rings. The van der Waals surface area contributed by atoms with Crippen molar-refractivity contribution in [2.75, 3.05) is 0 Å².